The van der Waals surface area contributed by atoms with Crippen LogP contribution in [0.25, 0.3) is 0 Å². The van der Waals surface area contributed by atoms with Crippen molar-refractivity contribution in [2.75, 3.05) is 31.6 Å². The van der Waals surface area contributed by atoms with E-state index in [4.69, 9.17) is 9.47 Å². The smallest absolute Gasteiger partial charge is 0.264 e. The summed E-state index contributed by atoms with van der Waals surface area (Å²) in [6, 6.07) is 19.4. The van der Waals surface area contributed by atoms with Crippen molar-refractivity contribution in [1.29, 1.82) is 0 Å². The lowest BCUT2D eigenvalue weighted by Crippen LogP contribution is -2.52. The molecule has 0 saturated heterocycles. The summed E-state index contributed by atoms with van der Waals surface area (Å²) >= 11 is 0. The molecule has 3 aromatic carbocycles. The number of rotatable bonds is 13. The highest BCUT2D eigenvalue weighted by Gasteiger charge is 2.34. The van der Waals surface area contributed by atoms with Gasteiger partial charge in [0.1, 0.15) is 24.1 Å². The Kier molecular flexibility index (Phi) is 10.6. The zero-order chi connectivity index (χ0) is 29.3. The molecule has 0 aliphatic carbocycles. The van der Waals surface area contributed by atoms with Crippen molar-refractivity contribution < 1.29 is 27.5 Å². The van der Waals surface area contributed by atoms with E-state index in [1.165, 1.54) is 24.1 Å². The second-order valence-electron chi connectivity index (χ2n) is 9.19. The molecule has 0 bridgehead atoms. The number of hydrogen-bond acceptors (Lipinski definition) is 6. The van der Waals surface area contributed by atoms with Gasteiger partial charge >= 0.3 is 0 Å². The standard InChI is InChI=1S/C30H37N3O6S/c1-6-26(30(35)31-7-2)32(20-23-14-16-24(38-4)17-15-23)29(34)21-33(27-19-22(3)13-18-28(27)39-5)40(36,37)25-11-9-8-10-12-25/h8-19,26H,6-7,20-21H2,1-5H3,(H,31,35)/t26-/m0/s1. The van der Waals surface area contributed by atoms with Crippen molar-refractivity contribution in [3.63, 3.8) is 0 Å². The first-order chi connectivity index (χ1) is 19.2. The molecule has 10 heteroatoms. The lowest BCUT2D eigenvalue weighted by molar-refractivity contribution is -0.140. The lowest BCUT2D eigenvalue weighted by Gasteiger charge is -2.33. The number of benzene rings is 3. The van der Waals surface area contributed by atoms with E-state index in [0.717, 1.165) is 15.4 Å². The predicted octanol–water partition coefficient (Wildman–Crippen LogP) is 4.15. The largest absolute Gasteiger partial charge is 0.497 e. The highest BCUT2D eigenvalue weighted by Crippen LogP contribution is 2.33. The number of likely N-dealkylation sites (N-methyl/N-ethyl adjacent to an activating group) is 1. The molecule has 0 aromatic heterocycles. The number of ether oxygens (including phenoxy) is 2. The van der Waals surface area contributed by atoms with Gasteiger partial charge in [-0.3, -0.25) is 13.9 Å². The fourth-order valence-electron chi connectivity index (χ4n) is 4.37. The molecule has 0 unspecified atom stereocenters. The van der Waals surface area contributed by atoms with Gasteiger partial charge in [0.05, 0.1) is 24.8 Å². The highest BCUT2D eigenvalue weighted by molar-refractivity contribution is 7.92. The number of carbonyl (C=O) groups excluding carboxylic acids is 2. The SMILES string of the molecule is CCNC(=O)[C@H](CC)N(Cc1ccc(OC)cc1)C(=O)CN(c1cc(C)ccc1OC)S(=O)(=O)c1ccccc1. The molecule has 40 heavy (non-hydrogen) atoms. The van der Waals surface area contributed by atoms with Gasteiger partial charge in [-0.1, -0.05) is 43.3 Å². The number of nitrogens with one attached hydrogen (secondary N) is 1. The summed E-state index contributed by atoms with van der Waals surface area (Å²) in [7, 11) is -1.18. The number of anilines is 1. The molecule has 3 aromatic rings. The topological polar surface area (TPSA) is 105 Å². The summed E-state index contributed by atoms with van der Waals surface area (Å²) < 4.78 is 39.8. The van der Waals surface area contributed by atoms with Gasteiger partial charge in [-0.25, -0.2) is 8.42 Å². The Morgan fingerprint density at radius 2 is 1.60 bits per heavy atom. The first kappa shape index (κ1) is 30.5. The molecule has 1 N–H and O–H groups in total. The molecular formula is C30H37N3O6S. The second kappa shape index (κ2) is 13.8. The van der Waals surface area contributed by atoms with Gasteiger partial charge in [0, 0.05) is 13.1 Å². The van der Waals surface area contributed by atoms with Crippen LogP contribution >= 0.6 is 0 Å². The van der Waals surface area contributed by atoms with Crippen molar-refractivity contribution in [3.8, 4) is 11.5 Å². The third kappa shape index (κ3) is 7.12. The molecule has 0 aliphatic rings. The summed E-state index contributed by atoms with van der Waals surface area (Å²) in [5.41, 5.74) is 1.79. The molecule has 0 fully saturated rings. The minimum Gasteiger partial charge on any atom is -0.497 e. The Labute approximate surface area is 236 Å². The number of aryl methyl sites for hydroxylation is 1. The van der Waals surface area contributed by atoms with Crippen LogP contribution in [0.2, 0.25) is 0 Å². The number of carbonyl (C=O) groups is 2. The van der Waals surface area contributed by atoms with E-state index in [-0.39, 0.29) is 23.0 Å². The normalized spacial score (nSPS) is 11.8. The van der Waals surface area contributed by atoms with E-state index in [9.17, 15) is 18.0 Å². The van der Waals surface area contributed by atoms with Gasteiger partial charge in [-0.15, -0.1) is 0 Å². The van der Waals surface area contributed by atoms with Gasteiger partial charge < -0.3 is 19.7 Å². The molecule has 214 valence electrons. The van der Waals surface area contributed by atoms with E-state index in [1.807, 2.05) is 26.0 Å². The van der Waals surface area contributed by atoms with Crippen LogP contribution in [0.5, 0.6) is 11.5 Å². The van der Waals surface area contributed by atoms with Gasteiger partial charge in [-0.2, -0.15) is 0 Å². The van der Waals surface area contributed by atoms with Gasteiger partial charge in [0.25, 0.3) is 10.0 Å². The summed E-state index contributed by atoms with van der Waals surface area (Å²) in [5.74, 6) is 0.119. The third-order valence-electron chi connectivity index (χ3n) is 6.46. The summed E-state index contributed by atoms with van der Waals surface area (Å²) in [6.45, 7) is 5.41. The van der Waals surface area contributed by atoms with E-state index in [2.05, 4.69) is 5.32 Å². The van der Waals surface area contributed by atoms with Crippen LogP contribution in [0.15, 0.2) is 77.7 Å². The molecule has 0 saturated carbocycles. The zero-order valence-corrected chi connectivity index (χ0v) is 24.4. The van der Waals surface area contributed by atoms with Crippen LogP contribution in [0, 0.1) is 6.92 Å². The summed E-state index contributed by atoms with van der Waals surface area (Å²) in [6.07, 6.45) is 0.340. The monoisotopic (exact) mass is 567 g/mol. The first-order valence-electron chi connectivity index (χ1n) is 13.1. The maximum atomic E-state index is 14.1. The number of methoxy groups -OCH3 is 2. The van der Waals surface area contributed by atoms with Gasteiger partial charge in [0.15, 0.2) is 0 Å². The van der Waals surface area contributed by atoms with Crippen molar-refractivity contribution in [3.05, 3.63) is 83.9 Å². The fourth-order valence-corrected chi connectivity index (χ4v) is 5.80. The van der Waals surface area contributed by atoms with Gasteiger partial charge in [0.2, 0.25) is 11.8 Å². The number of amides is 2. The van der Waals surface area contributed by atoms with Crippen molar-refractivity contribution in [2.45, 2.75) is 44.7 Å². The molecular weight excluding hydrogens is 530 g/mol. The van der Waals surface area contributed by atoms with Crippen molar-refractivity contribution >= 4 is 27.5 Å². The molecule has 0 aliphatic heterocycles. The Hall–Kier alpha value is -4.05. The quantitative estimate of drug-likeness (QED) is 0.333. The van der Waals surface area contributed by atoms with Crippen LogP contribution in [-0.2, 0) is 26.2 Å². The molecule has 3 rings (SSSR count). The number of sulfonamides is 1. The Bertz CT molecular complexity index is 1390. The zero-order valence-electron chi connectivity index (χ0n) is 23.6. The fraction of sp³-hybridized carbons (Fsp3) is 0.333. The Balaban J connectivity index is 2.11. The highest BCUT2D eigenvalue weighted by atomic mass is 32.2. The van der Waals surface area contributed by atoms with Crippen molar-refractivity contribution in [1.82, 2.24) is 10.2 Å². The molecule has 2 amide bonds. The average Bonchev–Trinajstić information content (AvgIpc) is 2.96. The van der Waals surface area contributed by atoms with Crippen LogP contribution in [0.3, 0.4) is 0 Å². The molecule has 0 radical (unpaired) electrons. The molecule has 0 heterocycles. The van der Waals surface area contributed by atoms with E-state index in [1.54, 1.807) is 62.6 Å². The predicted molar refractivity (Wildman–Crippen MR) is 155 cm³/mol. The minimum atomic E-state index is -4.19. The maximum Gasteiger partial charge on any atom is 0.264 e. The van der Waals surface area contributed by atoms with Crippen LogP contribution in [-0.4, -0.2) is 58.5 Å². The summed E-state index contributed by atoms with van der Waals surface area (Å²) in [5, 5.41) is 2.80. The molecule has 1 atom stereocenters. The van der Waals surface area contributed by atoms with Gasteiger partial charge in [-0.05, 0) is 67.8 Å². The minimum absolute atomic E-state index is 0.0313. The number of nitrogens with zero attached hydrogens (tertiary/aromatic N) is 2. The Morgan fingerprint density at radius 3 is 2.17 bits per heavy atom. The summed E-state index contributed by atoms with van der Waals surface area (Å²) in [4.78, 5) is 28.6. The van der Waals surface area contributed by atoms with E-state index < -0.39 is 28.5 Å². The van der Waals surface area contributed by atoms with E-state index in [0.29, 0.717) is 24.5 Å². The average molecular weight is 568 g/mol. The second-order valence-corrected chi connectivity index (χ2v) is 11.1. The van der Waals surface area contributed by atoms with Crippen LogP contribution in [0.4, 0.5) is 5.69 Å². The molecule has 0 spiro atoms. The Morgan fingerprint density at radius 1 is 0.925 bits per heavy atom. The first-order valence-corrected chi connectivity index (χ1v) is 14.5. The van der Waals surface area contributed by atoms with Crippen molar-refractivity contribution in [2.24, 2.45) is 0 Å². The van der Waals surface area contributed by atoms with E-state index >= 15 is 0 Å². The van der Waals surface area contributed by atoms with Crippen LogP contribution in [0.1, 0.15) is 31.4 Å². The number of hydrogen-bond donors (Lipinski definition) is 1. The lowest BCUT2D eigenvalue weighted by atomic mass is 10.1. The molecule has 9 nitrogen and oxygen atoms in total. The third-order valence-corrected chi connectivity index (χ3v) is 8.24. The van der Waals surface area contributed by atoms with Crippen LogP contribution < -0.4 is 19.1 Å². The maximum absolute atomic E-state index is 14.1.